The van der Waals surface area contributed by atoms with E-state index in [2.05, 4.69) is 24.3 Å². The summed E-state index contributed by atoms with van der Waals surface area (Å²) in [6.07, 6.45) is 0. The molecule has 5 nitrogen and oxygen atoms in total. The molecule has 0 amide bonds. The Morgan fingerprint density at radius 2 is 1.52 bits per heavy atom. The molecule has 0 aromatic heterocycles. The van der Waals surface area contributed by atoms with Gasteiger partial charge in [-0.3, -0.25) is 4.79 Å². The van der Waals surface area contributed by atoms with Crippen LogP contribution in [0.15, 0.2) is 78.9 Å². The van der Waals surface area contributed by atoms with Crippen LogP contribution in [0.4, 0.5) is 0 Å². The van der Waals surface area contributed by atoms with E-state index in [1.165, 1.54) is 11.8 Å². The number of benzene rings is 3. The minimum Gasteiger partial charge on any atom is -0.480 e. The second kappa shape index (κ2) is 8.19. The number of thioether (sulfide) groups is 1. The van der Waals surface area contributed by atoms with Crippen molar-refractivity contribution in [3.05, 3.63) is 95.6 Å². The second-order valence-corrected chi connectivity index (χ2v) is 7.97. The highest BCUT2D eigenvalue weighted by atomic mass is 32.2. The maximum atomic E-state index is 11.4. The summed E-state index contributed by atoms with van der Waals surface area (Å²) >= 11 is 1.51. The van der Waals surface area contributed by atoms with Gasteiger partial charge in [0.1, 0.15) is 6.04 Å². The summed E-state index contributed by atoms with van der Waals surface area (Å²) < 4.78 is 10.4. The number of ether oxygens (including phenoxy) is 2. The van der Waals surface area contributed by atoms with Crippen molar-refractivity contribution < 1.29 is 19.4 Å². The predicted molar refractivity (Wildman–Crippen MR) is 113 cm³/mol. The molecule has 3 aromatic carbocycles. The van der Waals surface area contributed by atoms with Gasteiger partial charge in [-0.05, 0) is 28.8 Å². The van der Waals surface area contributed by atoms with Crippen molar-refractivity contribution in [2.24, 2.45) is 5.73 Å². The van der Waals surface area contributed by atoms with E-state index >= 15 is 0 Å². The van der Waals surface area contributed by atoms with Crippen molar-refractivity contribution in [3.63, 3.8) is 0 Å². The Balaban J connectivity index is 1.91. The van der Waals surface area contributed by atoms with Gasteiger partial charge >= 0.3 is 5.97 Å². The first-order valence-corrected chi connectivity index (χ1v) is 10.2. The van der Waals surface area contributed by atoms with Crippen LogP contribution in [-0.2, 0) is 9.54 Å². The van der Waals surface area contributed by atoms with E-state index in [4.69, 9.17) is 15.2 Å². The van der Waals surface area contributed by atoms with Crippen LogP contribution in [0.1, 0.15) is 16.7 Å². The topological polar surface area (TPSA) is 81.8 Å². The standard InChI is InChI=1S/C23H21NO4S/c24-19(22(25)26)14-29-23(16-7-3-1-4-8-16,17-9-5-2-6-10-17)18-11-12-20-21(13-18)28-15-27-20/h1-13,19H,14-15,24H2,(H,25,26)/t19-/m0/s1. The lowest BCUT2D eigenvalue weighted by molar-refractivity contribution is -0.137. The van der Waals surface area contributed by atoms with Gasteiger partial charge in [-0.1, -0.05) is 66.7 Å². The average molecular weight is 407 g/mol. The minimum absolute atomic E-state index is 0.194. The van der Waals surface area contributed by atoms with Crippen LogP contribution in [0, 0.1) is 0 Å². The number of hydrogen-bond donors (Lipinski definition) is 2. The smallest absolute Gasteiger partial charge is 0.321 e. The van der Waals surface area contributed by atoms with E-state index in [1.807, 2.05) is 54.6 Å². The van der Waals surface area contributed by atoms with Gasteiger partial charge in [0.05, 0.1) is 4.75 Å². The first-order valence-electron chi connectivity index (χ1n) is 9.25. The molecule has 3 aromatic rings. The summed E-state index contributed by atoms with van der Waals surface area (Å²) in [5.41, 5.74) is 8.93. The predicted octanol–water partition coefficient (Wildman–Crippen LogP) is 3.85. The zero-order valence-corrected chi connectivity index (χ0v) is 16.5. The molecule has 0 unspecified atom stereocenters. The summed E-state index contributed by atoms with van der Waals surface area (Å²) in [7, 11) is 0. The minimum atomic E-state index is -1.02. The fourth-order valence-electron chi connectivity index (χ4n) is 3.50. The Bertz CT molecular complexity index is 955. The van der Waals surface area contributed by atoms with Crippen molar-refractivity contribution in [2.45, 2.75) is 10.8 Å². The molecule has 0 radical (unpaired) electrons. The number of carboxylic acids is 1. The molecule has 1 aliphatic rings. The lowest BCUT2D eigenvalue weighted by Crippen LogP contribution is -2.36. The van der Waals surface area contributed by atoms with Crippen LogP contribution >= 0.6 is 11.8 Å². The number of nitrogens with two attached hydrogens (primary N) is 1. The maximum absolute atomic E-state index is 11.4. The maximum Gasteiger partial charge on any atom is 0.321 e. The molecule has 1 aliphatic heterocycles. The lowest BCUT2D eigenvalue weighted by Gasteiger charge is -2.36. The fourth-order valence-corrected chi connectivity index (χ4v) is 4.97. The molecule has 0 aliphatic carbocycles. The molecule has 1 atom stereocenters. The van der Waals surface area contributed by atoms with Gasteiger partial charge in [-0.2, -0.15) is 0 Å². The highest BCUT2D eigenvalue weighted by Crippen LogP contribution is 2.50. The van der Waals surface area contributed by atoms with Gasteiger partial charge in [-0.25, -0.2) is 0 Å². The first-order chi connectivity index (χ1) is 14.1. The van der Waals surface area contributed by atoms with E-state index in [0.29, 0.717) is 11.5 Å². The van der Waals surface area contributed by atoms with Crippen LogP contribution in [0.25, 0.3) is 0 Å². The average Bonchev–Trinajstić information content (AvgIpc) is 3.23. The van der Waals surface area contributed by atoms with Crippen molar-refractivity contribution >= 4 is 17.7 Å². The van der Waals surface area contributed by atoms with Crippen LogP contribution in [0.2, 0.25) is 0 Å². The van der Waals surface area contributed by atoms with Gasteiger partial charge < -0.3 is 20.3 Å². The SMILES string of the molecule is N[C@@H](CSC(c1ccccc1)(c1ccccc1)c1ccc2c(c1)OCO2)C(=O)O. The summed E-state index contributed by atoms with van der Waals surface area (Å²) in [6, 6.07) is 25.0. The molecule has 0 saturated heterocycles. The Hall–Kier alpha value is -2.96. The van der Waals surface area contributed by atoms with E-state index in [1.54, 1.807) is 0 Å². The third kappa shape index (κ3) is 3.69. The molecule has 0 fully saturated rings. The van der Waals surface area contributed by atoms with Gasteiger partial charge in [0.25, 0.3) is 0 Å². The van der Waals surface area contributed by atoms with Crippen molar-refractivity contribution in [3.8, 4) is 11.5 Å². The Morgan fingerprint density at radius 3 is 2.10 bits per heavy atom. The Kier molecular flexibility index (Phi) is 5.47. The number of fused-ring (bicyclic) bond motifs is 1. The van der Waals surface area contributed by atoms with Crippen LogP contribution < -0.4 is 15.2 Å². The van der Waals surface area contributed by atoms with Gasteiger partial charge in [0.15, 0.2) is 11.5 Å². The van der Waals surface area contributed by atoms with E-state index in [0.717, 1.165) is 16.7 Å². The fraction of sp³-hybridized carbons (Fsp3) is 0.174. The molecule has 4 rings (SSSR count). The van der Waals surface area contributed by atoms with E-state index < -0.39 is 16.8 Å². The third-order valence-electron chi connectivity index (χ3n) is 4.94. The highest BCUT2D eigenvalue weighted by Gasteiger charge is 2.39. The molecular formula is C23H21NO4S. The van der Waals surface area contributed by atoms with Crippen molar-refractivity contribution in [1.29, 1.82) is 0 Å². The molecule has 0 saturated carbocycles. The zero-order chi connectivity index (χ0) is 20.3. The normalized spacial score (nSPS) is 13.8. The summed E-state index contributed by atoms with van der Waals surface area (Å²) in [5, 5.41) is 9.34. The molecular weight excluding hydrogens is 386 g/mol. The largest absolute Gasteiger partial charge is 0.480 e. The monoisotopic (exact) mass is 407 g/mol. The molecule has 148 valence electrons. The molecule has 0 spiro atoms. The molecule has 0 bridgehead atoms. The van der Waals surface area contributed by atoms with Crippen molar-refractivity contribution in [1.82, 2.24) is 0 Å². The van der Waals surface area contributed by atoms with E-state index in [9.17, 15) is 9.90 Å². The Labute approximate surface area is 173 Å². The summed E-state index contributed by atoms with van der Waals surface area (Å²) in [5.74, 6) is 0.615. The Morgan fingerprint density at radius 1 is 0.931 bits per heavy atom. The molecule has 6 heteroatoms. The highest BCUT2D eigenvalue weighted by molar-refractivity contribution is 8.00. The van der Waals surface area contributed by atoms with Gasteiger partial charge in [-0.15, -0.1) is 11.8 Å². The number of carboxylic acid groups (broad SMARTS) is 1. The molecule has 29 heavy (non-hydrogen) atoms. The zero-order valence-electron chi connectivity index (χ0n) is 15.7. The van der Waals surface area contributed by atoms with Crippen LogP contribution in [0.3, 0.4) is 0 Å². The number of hydrogen-bond acceptors (Lipinski definition) is 5. The lowest BCUT2D eigenvalue weighted by atomic mass is 9.84. The number of carbonyl (C=O) groups is 1. The van der Waals surface area contributed by atoms with Gasteiger partial charge in [0, 0.05) is 5.75 Å². The quantitative estimate of drug-likeness (QED) is 0.579. The van der Waals surface area contributed by atoms with E-state index in [-0.39, 0.29) is 12.5 Å². The first kappa shape index (κ1) is 19.4. The third-order valence-corrected chi connectivity index (χ3v) is 6.60. The van der Waals surface area contributed by atoms with Crippen molar-refractivity contribution in [2.75, 3.05) is 12.5 Å². The van der Waals surface area contributed by atoms with Gasteiger partial charge in [0.2, 0.25) is 6.79 Å². The molecule has 3 N–H and O–H groups in total. The van der Waals surface area contributed by atoms with Crippen LogP contribution in [0.5, 0.6) is 11.5 Å². The summed E-state index contributed by atoms with van der Waals surface area (Å²) in [6.45, 7) is 0.194. The molecule has 1 heterocycles. The summed E-state index contributed by atoms with van der Waals surface area (Å²) in [4.78, 5) is 11.4. The number of aliphatic carboxylic acids is 1. The number of rotatable bonds is 7. The van der Waals surface area contributed by atoms with Crippen LogP contribution in [-0.4, -0.2) is 29.7 Å². The second-order valence-electron chi connectivity index (χ2n) is 6.74.